The number of hydrogen-bond acceptors (Lipinski definition) is 3. The van der Waals surface area contributed by atoms with Gasteiger partial charge in [0.05, 0.1) is 13.1 Å². The average Bonchev–Trinajstić information content (AvgIpc) is 2.29. The van der Waals surface area contributed by atoms with Crippen molar-refractivity contribution < 1.29 is 9.59 Å². The lowest BCUT2D eigenvalue weighted by atomic mass is 10.1. The summed E-state index contributed by atoms with van der Waals surface area (Å²) in [6, 6.07) is 0.204. The molecule has 5 heteroatoms. The topological polar surface area (TPSA) is 61.4 Å². The molecule has 1 aliphatic heterocycles. The molecule has 0 atom stereocenters. The highest BCUT2D eigenvalue weighted by Gasteiger charge is 2.22. The Hall–Kier alpha value is -1.54. The highest BCUT2D eigenvalue weighted by Crippen LogP contribution is 2.10. The van der Waals surface area contributed by atoms with Crippen LogP contribution in [0.1, 0.15) is 19.8 Å². The molecule has 0 unspecified atom stereocenters. The summed E-state index contributed by atoms with van der Waals surface area (Å²) < 4.78 is 0. The maximum atomic E-state index is 11.7. The summed E-state index contributed by atoms with van der Waals surface area (Å²) in [6.07, 6.45) is 6.72. The van der Waals surface area contributed by atoms with E-state index in [4.69, 9.17) is 6.42 Å². The number of carbonyl (C=O) groups excluding carboxylic acids is 2. The zero-order valence-electron chi connectivity index (χ0n) is 10.2. The van der Waals surface area contributed by atoms with Crippen LogP contribution in [0.15, 0.2) is 0 Å². The molecule has 0 saturated carbocycles. The SMILES string of the molecule is C#CCNCC(=O)N1CCC(NC(C)=O)CC1. The van der Waals surface area contributed by atoms with E-state index in [-0.39, 0.29) is 24.4 Å². The van der Waals surface area contributed by atoms with E-state index in [1.165, 1.54) is 6.92 Å². The van der Waals surface area contributed by atoms with Crippen LogP contribution < -0.4 is 10.6 Å². The van der Waals surface area contributed by atoms with E-state index in [1.54, 1.807) is 0 Å². The molecular weight excluding hydrogens is 218 g/mol. The Morgan fingerprint density at radius 3 is 2.59 bits per heavy atom. The van der Waals surface area contributed by atoms with Gasteiger partial charge in [-0.3, -0.25) is 14.9 Å². The Morgan fingerprint density at radius 2 is 2.06 bits per heavy atom. The fourth-order valence-corrected chi connectivity index (χ4v) is 1.91. The minimum Gasteiger partial charge on any atom is -0.353 e. The first-order valence-electron chi connectivity index (χ1n) is 5.82. The highest BCUT2D eigenvalue weighted by atomic mass is 16.2. The molecule has 0 aromatic rings. The van der Waals surface area contributed by atoms with Crippen LogP contribution in [0.3, 0.4) is 0 Å². The maximum absolute atomic E-state index is 11.7. The molecule has 0 bridgehead atoms. The molecule has 2 N–H and O–H groups in total. The van der Waals surface area contributed by atoms with E-state index in [0.29, 0.717) is 19.6 Å². The van der Waals surface area contributed by atoms with Crippen LogP contribution in [0, 0.1) is 12.3 Å². The van der Waals surface area contributed by atoms with Crippen LogP contribution in [0.25, 0.3) is 0 Å². The highest BCUT2D eigenvalue weighted by molar-refractivity contribution is 5.78. The number of terminal acetylenes is 1. The fraction of sp³-hybridized carbons (Fsp3) is 0.667. The number of piperidine rings is 1. The maximum Gasteiger partial charge on any atom is 0.236 e. The molecule has 0 aromatic carbocycles. The number of nitrogens with zero attached hydrogens (tertiary/aromatic N) is 1. The van der Waals surface area contributed by atoms with E-state index in [9.17, 15) is 9.59 Å². The van der Waals surface area contributed by atoms with Gasteiger partial charge in [-0.1, -0.05) is 5.92 Å². The molecule has 1 fully saturated rings. The first kappa shape index (κ1) is 13.5. The number of nitrogens with one attached hydrogen (secondary N) is 2. The predicted octanol–water partition coefficient (Wildman–Crippen LogP) is -0.664. The van der Waals surface area contributed by atoms with E-state index in [2.05, 4.69) is 16.6 Å². The Morgan fingerprint density at radius 1 is 1.41 bits per heavy atom. The lowest BCUT2D eigenvalue weighted by Gasteiger charge is -2.32. The molecule has 2 amide bonds. The molecule has 0 spiro atoms. The van der Waals surface area contributed by atoms with Gasteiger partial charge in [0.1, 0.15) is 0 Å². The van der Waals surface area contributed by atoms with Crippen molar-refractivity contribution in [3.63, 3.8) is 0 Å². The lowest BCUT2D eigenvalue weighted by molar-refractivity contribution is -0.131. The quantitative estimate of drug-likeness (QED) is 0.504. The molecule has 94 valence electrons. The molecule has 1 rings (SSSR count). The van der Waals surface area contributed by atoms with Gasteiger partial charge in [-0.15, -0.1) is 6.42 Å². The molecule has 1 saturated heterocycles. The van der Waals surface area contributed by atoms with Crippen molar-refractivity contribution in [3.05, 3.63) is 0 Å². The molecule has 17 heavy (non-hydrogen) atoms. The van der Waals surface area contributed by atoms with Gasteiger partial charge in [0.2, 0.25) is 11.8 Å². The summed E-state index contributed by atoms with van der Waals surface area (Å²) in [5.74, 6) is 2.49. The summed E-state index contributed by atoms with van der Waals surface area (Å²) in [5, 5.41) is 5.75. The second-order valence-corrected chi connectivity index (χ2v) is 4.16. The van der Waals surface area contributed by atoms with Crippen molar-refractivity contribution in [2.24, 2.45) is 0 Å². The second kappa shape index (κ2) is 6.92. The van der Waals surface area contributed by atoms with Crippen molar-refractivity contribution in [1.29, 1.82) is 0 Å². The number of rotatable bonds is 4. The summed E-state index contributed by atoms with van der Waals surface area (Å²) in [4.78, 5) is 24.4. The number of carbonyl (C=O) groups is 2. The summed E-state index contributed by atoms with van der Waals surface area (Å²) in [7, 11) is 0. The third-order valence-electron chi connectivity index (χ3n) is 2.76. The normalized spacial score (nSPS) is 16.4. The monoisotopic (exact) mass is 237 g/mol. The summed E-state index contributed by atoms with van der Waals surface area (Å²) in [6.45, 7) is 3.60. The molecule has 0 aliphatic carbocycles. The molecule has 1 heterocycles. The second-order valence-electron chi connectivity index (χ2n) is 4.16. The van der Waals surface area contributed by atoms with Crippen LogP contribution in [0.5, 0.6) is 0 Å². The van der Waals surface area contributed by atoms with Crippen molar-refractivity contribution in [2.75, 3.05) is 26.2 Å². The van der Waals surface area contributed by atoms with E-state index in [1.807, 2.05) is 4.90 Å². The smallest absolute Gasteiger partial charge is 0.236 e. The van der Waals surface area contributed by atoms with Gasteiger partial charge in [0, 0.05) is 26.1 Å². The molecular formula is C12H19N3O2. The van der Waals surface area contributed by atoms with Crippen molar-refractivity contribution in [3.8, 4) is 12.3 Å². The third-order valence-corrected chi connectivity index (χ3v) is 2.76. The third kappa shape index (κ3) is 4.87. The fourth-order valence-electron chi connectivity index (χ4n) is 1.91. The Balaban J connectivity index is 2.24. The molecule has 5 nitrogen and oxygen atoms in total. The minimum absolute atomic E-state index is 0.00883. The Labute approximate surface area is 102 Å². The van der Waals surface area contributed by atoms with Crippen LogP contribution in [-0.4, -0.2) is 48.9 Å². The van der Waals surface area contributed by atoms with Gasteiger partial charge in [0.15, 0.2) is 0 Å². The lowest BCUT2D eigenvalue weighted by Crippen LogP contribution is -2.48. The average molecular weight is 237 g/mol. The van der Waals surface area contributed by atoms with Gasteiger partial charge < -0.3 is 10.2 Å². The van der Waals surface area contributed by atoms with Gasteiger partial charge in [0.25, 0.3) is 0 Å². The van der Waals surface area contributed by atoms with Gasteiger partial charge in [-0.25, -0.2) is 0 Å². The van der Waals surface area contributed by atoms with E-state index >= 15 is 0 Å². The number of amides is 2. The van der Waals surface area contributed by atoms with Gasteiger partial charge in [-0.05, 0) is 12.8 Å². The minimum atomic E-state index is -0.00883. The van der Waals surface area contributed by atoms with Crippen LogP contribution in [0.2, 0.25) is 0 Å². The van der Waals surface area contributed by atoms with E-state index < -0.39 is 0 Å². The van der Waals surface area contributed by atoms with Crippen LogP contribution in [0.4, 0.5) is 0 Å². The Kier molecular flexibility index (Phi) is 5.50. The van der Waals surface area contributed by atoms with E-state index in [0.717, 1.165) is 12.8 Å². The summed E-state index contributed by atoms with van der Waals surface area (Å²) >= 11 is 0. The van der Waals surface area contributed by atoms with Crippen molar-refractivity contribution >= 4 is 11.8 Å². The zero-order chi connectivity index (χ0) is 12.7. The molecule has 0 aromatic heterocycles. The predicted molar refractivity (Wildman–Crippen MR) is 65.1 cm³/mol. The van der Waals surface area contributed by atoms with Crippen molar-refractivity contribution in [1.82, 2.24) is 15.5 Å². The molecule has 1 aliphatic rings. The number of hydrogen-bond donors (Lipinski definition) is 2. The summed E-state index contributed by atoms with van der Waals surface area (Å²) in [5.41, 5.74) is 0. The first-order chi connectivity index (χ1) is 8.13. The first-order valence-corrected chi connectivity index (χ1v) is 5.82. The molecule has 0 radical (unpaired) electrons. The largest absolute Gasteiger partial charge is 0.353 e. The van der Waals surface area contributed by atoms with Crippen molar-refractivity contribution in [2.45, 2.75) is 25.8 Å². The van der Waals surface area contributed by atoms with Crippen LogP contribution >= 0.6 is 0 Å². The van der Waals surface area contributed by atoms with Crippen LogP contribution in [-0.2, 0) is 9.59 Å². The van der Waals surface area contributed by atoms with Gasteiger partial charge >= 0.3 is 0 Å². The zero-order valence-corrected chi connectivity index (χ0v) is 10.2. The van der Waals surface area contributed by atoms with Gasteiger partial charge in [-0.2, -0.15) is 0 Å². The standard InChI is InChI=1S/C12H19N3O2/c1-3-6-13-9-12(17)15-7-4-11(5-8-15)14-10(2)16/h1,11,13H,4-9H2,2H3,(H,14,16). The number of likely N-dealkylation sites (tertiary alicyclic amines) is 1. The Bertz CT molecular complexity index is 314.